The molecule has 2 aromatic carbocycles. The maximum absolute atomic E-state index is 12.5. The molecule has 0 N–H and O–H groups in total. The molecule has 0 aliphatic carbocycles. The second kappa shape index (κ2) is 7.04. The fourth-order valence-corrected chi connectivity index (χ4v) is 3.61. The van der Waals surface area contributed by atoms with Gasteiger partial charge in [0.1, 0.15) is 5.75 Å². The molecule has 1 amide bonds. The summed E-state index contributed by atoms with van der Waals surface area (Å²) in [6, 6.07) is 13.1. The molecule has 1 atom stereocenters. The van der Waals surface area contributed by atoms with Crippen LogP contribution in [-0.4, -0.2) is 29.7 Å². The van der Waals surface area contributed by atoms with Gasteiger partial charge in [0.2, 0.25) is 5.91 Å². The second-order valence-corrected chi connectivity index (χ2v) is 6.93. The van der Waals surface area contributed by atoms with E-state index in [1.165, 1.54) is 0 Å². The number of methoxy groups -OCH3 is 1. The minimum Gasteiger partial charge on any atom is -0.496 e. The second-order valence-electron chi connectivity index (χ2n) is 6.52. The van der Waals surface area contributed by atoms with Gasteiger partial charge in [-0.1, -0.05) is 35.0 Å². The molecule has 0 saturated carbocycles. The Hall–Kier alpha value is -2.86. The third-order valence-corrected chi connectivity index (χ3v) is 4.97. The van der Waals surface area contributed by atoms with Crippen molar-refractivity contribution < 1.29 is 14.1 Å². The summed E-state index contributed by atoms with van der Waals surface area (Å²) in [5.41, 5.74) is 2.48. The number of nitrogens with zero attached hydrogens (tertiary/aromatic N) is 3. The van der Waals surface area contributed by atoms with Crippen LogP contribution in [0.2, 0.25) is 5.02 Å². The minimum absolute atomic E-state index is 0.00519. The largest absolute Gasteiger partial charge is 0.496 e. The Kier molecular flexibility index (Phi) is 4.58. The lowest BCUT2D eigenvalue weighted by Crippen LogP contribution is -2.24. The Morgan fingerprint density at radius 2 is 2.07 bits per heavy atom. The van der Waals surface area contributed by atoms with E-state index in [4.69, 9.17) is 20.9 Å². The molecule has 27 heavy (non-hydrogen) atoms. The van der Waals surface area contributed by atoms with Crippen LogP contribution in [0.3, 0.4) is 0 Å². The monoisotopic (exact) mass is 383 g/mol. The Bertz CT molecular complexity index is 1000. The van der Waals surface area contributed by atoms with Crippen LogP contribution in [0.15, 0.2) is 47.0 Å². The van der Waals surface area contributed by atoms with Gasteiger partial charge in [-0.25, -0.2) is 0 Å². The number of carbonyl (C=O) groups is 1. The molecule has 0 bridgehead atoms. The van der Waals surface area contributed by atoms with E-state index in [1.807, 2.05) is 49.4 Å². The molecule has 1 aromatic heterocycles. The van der Waals surface area contributed by atoms with E-state index < -0.39 is 0 Å². The lowest BCUT2D eigenvalue weighted by molar-refractivity contribution is -0.117. The van der Waals surface area contributed by atoms with Crippen molar-refractivity contribution in [1.29, 1.82) is 0 Å². The van der Waals surface area contributed by atoms with Crippen LogP contribution in [0.4, 0.5) is 5.69 Å². The molecular formula is C20H18ClN3O3. The number of hydrogen-bond acceptors (Lipinski definition) is 5. The van der Waals surface area contributed by atoms with Crippen molar-refractivity contribution in [3.05, 3.63) is 58.9 Å². The molecule has 1 aliphatic heterocycles. The number of halogens is 1. The van der Waals surface area contributed by atoms with Crippen LogP contribution >= 0.6 is 11.6 Å². The van der Waals surface area contributed by atoms with Gasteiger partial charge in [0.25, 0.3) is 5.89 Å². The zero-order valence-electron chi connectivity index (χ0n) is 15.0. The summed E-state index contributed by atoms with van der Waals surface area (Å²) in [6.45, 7) is 2.43. The molecule has 4 rings (SSSR count). The van der Waals surface area contributed by atoms with Gasteiger partial charge < -0.3 is 14.2 Å². The van der Waals surface area contributed by atoms with Crippen LogP contribution in [0.25, 0.3) is 11.5 Å². The molecule has 1 aliphatic rings. The number of aryl methyl sites for hydroxylation is 1. The number of benzene rings is 2. The predicted molar refractivity (Wildman–Crippen MR) is 102 cm³/mol. The highest BCUT2D eigenvalue weighted by atomic mass is 35.5. The molecule has 6 nitrogen and oxygen atoms in total. The number of aromatic nitrogens is 2. The Balaban J connectivity index is 1.59. The maximum atomic E-state index is 12.5. The summed E-state index contributed by atoms with van der Waals surface area (Å²) in [4.78, 5) is 18.7. The van der Waals surface area contributed by atoms with Gasteiger partial charge in [0.05, 0.1) is 23.4 Å². The quantitative estimate of drug-likeness (QED) is 0.674. The van der Waals surface area contributed by atoms with Crippen molar-refractivity contribution in [3.8, 4) is 17.2 Å². The summed E-state index contributed by atoms with van der Waals surface area (Å²) in [7, 11) is 1.59. The predicted octanol–water partition coefficient (Wildman–Crippen LogP) is 4.23. The van der Waals surface area contributed by atoms with E-state index in [1.54, 1.807) is 12.0 Å². The molecule has 1 fully saturated rings. The molecule has 138 valence electrons. The first-order chi connectivity index (χ1) is 13.1. The third-order valence-electron chi connectivity index (χ3n) is 4.66. The number of amides is 1. The van der Waals surface area contributed by atoms with Gasteiger partial charge in [0.15, 0.2) is 5.82 Å². The van der Waals surface area contributed by atoms with Crippen molar-refractivity contribution in [2.75, 3.05) is 18.6 Å². The SMILES string of the molecule is COc1ccccc1-c1nc(C2CC(=O)N(c3ccc(C)cc3Cl)C2)no1. The van der Waals surface area contributed by atoms with Gasteiger partial charge in [-0.2, -0.15) is 4.98 Å². The van der Waals surface area contributed by atoms with E-state index in [0.29, 0.717) is 41.1 Å². The highest BCUT2D eigenvalue weighted by Gasteiger charge is 2.35. The van der Waals surface area contributed by atoms with Gasteiger partial charge in [0, 0.05) is 18.9 Å². The lowest BCUT2D eigenvalue weighted by Gasteiger charge is -2.18. The molecular weight excluding hydrogens is 366 g/mol. The van der Waals surface area contributed by atoms with Crippen LogP contribution in [0.1, 0.15) is 23.7 Å². The average Bonchev–Trinajstić information content (AvgIpc) is 3.29. The molecule has 0 spiro atoms. The Morgan fingerprint density at radius 1 is 1.26 bits per heavy atom. The zero-order valence-corrected chi connectivity index (χ0v) is 15.7. The lowest BCUT2D eigenvalue weighted by atomic mass is 10.1. The number of hydrogen-bond donors (Lipinski definition) is 0. The number of rotatable bonds is 4. The highest BCUT2D eigenvalue weighted by molar-refractivity contribution is 6.34. The van der Waals surface area contributed by atoms with Crippen molar-refractivity contribution >= 4 is 23.2 Å². The van der Waals surface area contributed by atoms with Crippen LogP contribution in [0, 0.1) is 6.92 Å². The summed E-state index contributed by atoms with van der Waals surface area (Å²) in [5.74, 6) is 1.39. The number of para-hydroxylation sites is 1. The maximum Gasteiger partial charge on any atom is 0.261 e. The minimum atomic E-state index is -0.151. The van der Waals surface area contributed by atoms with E-state index in [9.17, 15) is 4.79 Å². The zero-order chi connectivity index (χ0) is 19.0. The first-order valence-corrected chi connectivity index (χ1v) is 8.98. The average molecular weight is 384 g/mol. The topological polar surface area (TPSA) is 68.5 Å². The smallest absolute Gasteiger partial charge is 0.261 e. The summed E-state index contributed by atoms with van der Waals surface area (Å²) < 4.78 is 10.8. The molecule has 1 unspecified atom stereocenters. The number of ether oxygens (including phenoxy) is 1. The normalized spacial score (nSPS) is 16.8. The standard InChI is InChI=1S/C20H18ClN3O3/c1-12-7-8-16(15(21)9-12)24-11-13(10-18(24)25)19-22-20(27-23-19)14-5-3-4-6-17(14)26-2/h3-9,13H,10-11H2,1-2H3. The van der Waals surface area contributed by atoms with Gasteiger partial charge >= 0.3 is 0 Å². The Morgan fingerprint density at radius 3 is 2.85 bits per heavy atom. The van der Waals surface area contributed by atoms with Gasteiger partial charge in [-0.3, -0.25) is 4.79 Å². The third kappa shape index (κ3) is 3.28. The van der Waals surface area contributed by atoms with Gasteiger partial charge in [-0.05, 0) is 36.8 Å². The molecule has 0 radical (unpaired) electrons. The molecule has 7 heteroatoms. The van der Waals surface area contributed by atoms with Crippen LogP contribution in [0.5, 0.6) is 5.75 Å². The fourth-order valence-electron chi connectivity index (χ4n) is 3.28. The fraction of sp³-hybridized carbons (Fsp3) is 0.250. The van der Waals surface area contributed by atoms with E-state index in [2.05, 4.69) is 10.1 Å². The highest BCUT2D eigenvalue weighted by Crippen LogP contribution is 2.36. The molecule has 1 saturated heterocycles. The first kappa shape index (κ1) is 17.5. The summed E-state index contributed by atoms with van der Waals surface area (Å²) >= 11 is 6.33. The van der Waals surface area contributed by atoms with E-state index in [0.717, 1.165) is 11.1 Å². The van der Waals surface area contributed by atoms with Crippen LogP contribution in [-0.2, 0) is 4.79 Å². The van der Waals surface area contributed by atoms with E-state index >= 15 is 0 Å². The number of carbonyl (C=O) groups excluding carboxylic acids is 1. The van der Waals surface area contributed by atoms with Crippen LogP contribution < -0.4 is 9.64 Å². The Labute approximate surface area is 161 Å². The molecule has 2 heterocycles. The van der Waals surface area contributed by atoms with Crippen molar-refractivity contribution in [1.82, 2.24) is 10.1 Å². The van der Waals surface area contributed by atoms with Crippen molar-refractivity contribution in [3.63, 3.8) is 0 Å². The first-order valence-electron chi connectivity index (χ1n) is 8.60. The summed E-state index contributed by atoms with van der Waals surface area (Å²) in [5, 5.41) is 4.66. The molecule has 3 aromatic rings. The van der Waals surface area contributed by atoms with Gasteiger partial charge in [-0.15, -0.1) is 0 Å². The van der Waals surface area contributed by atoms with Crippen molar-refractivity contribution in [2.24, 2.45) is 0 Å². The number of anilines is 1. The van der Waals surface area contributed by atoms with Crippen molar-refractivity contribution in [2.45, 2.75) is 19.3 Å². The van der Waals surface area contributed by atoms with E-state index in [-0.39, 0.29) is 11.8 Å². The summed E-state index contributed by atoms with van der Waals surface area (Å²) in [6.07, 6.45) is 0.315.